The fourth-order valence-corrected chi connectivity index (χ4v) is 12.7. The zero-order chi connectivity index (χ0) is 41.3. The number of methoxy groups -OCH3 is 1. The summed E-state index contributed by atoms with van der Waals surface area (Å²) in [5, 5.41) is 33.3. The number of fused-ring (bicyclic) bond motifs is 2. The van der Waals surface area contributed by atoms with E-state index in [4.69, 9.17) is 9.57 Å². The Labute approximate surface area is 343 Å². The van der Waals surface area contributed by atoms with Crippen molar-refractivity contribution in [1.82, 2.24) is 30.8 Å². The number of carbonyl (C=O) groups excluding carboxylic acids is 3. The van der Waals surface area contributed by atoms with Crippen LogP contribution in [0.3, 0.4) is 0 Å². The minimum atomic E-state index is -0.850. The van der Waals surface area contributed by atoms with E-state index in [9.17, 15) is 24.6 Å². The predicted octanol–water partition coefficient (Wildman–Crippen LogP) is 2.89. The van der Waals surface area contributed by atoms with E-state index in [1.54, 1.807) is 38.1 Å². The molecule has 2 bridgehead atoms. The van der Waals surface area contributed by atoms with Gasteiger partial charge in [0.2, 0.25) is 17.7 Å². The molecule has 0 spiro atoms. The van der Waals surface area contributed by atoms with Gasteiger partial charge in [0.1, 0.15) is 18.2 Å². The molecule has 5 N–H and O–H groups in total. The van der Waals surface area contributed by atoms with Gasteiger partial charge >= 0.3 is 0 Å². The Balaban J connectivity index is 1.16. The van der Waals surface area contributed by atoms with Crippen LogP contribution in [0.15, 0.2) is 0 Å². The number of nitrogens with zero attached hydrogens (tertiary/aromatic N) is 3. The molecule has 0 radical (unpaired) electrons. The summed E-state index contributed by atoms with van der Waals surface area (Å²) in [5.41, 5.74) is 0.300. The smallest absolute Gasteiger partial charge is 0.244 e. The molecule has 7 fully saturated rings. The highest BCUT2D eigenvalue weighted by atomic mass is 16.7. The van der Waals surface area contributed by atoms with E-state index >= 15 is 0 Å². The van der Waals surface area contributed by atoms with Crippen molar-refractivity contribution in [3.8, 4) is 0 Å². The summed E-state index contributed by atoms with van der Waals surface area (Å²) in [5.74, 6) is 1.45. The highest BCUT2D eigenvalue weighted by molar-refractivity contribution is 5.88. The first kappa shape index (κ1) is 44.7. The molecule has 13 nitrogen and oxygen atoms in total. The van der Waals surface area contributed by atoms with Crippen LogP contribution in [0.4, 0.5) is 0 Å². The summed E-state index contributed by atoms with van der Waals surface area (Å²) >= 11 is 0. The summed E-state index contributed by atoms with van der Waals surface area (Å²) in [7, 11) is 9.51. The van der Waals surface area contributed by atoms with Crippen molar-refractivity contribution >= 4 is 17.7 Å². The van der Waals surface area contributed by atoms with Crippen LogP contribution in [0, 0.1) is 58.7 Å². The van der Waals surface area contributed by atoms with Gasteiger partial charge in [0.05, 0.1) is 18.8 Å². The molecule has 15 atom stereocenters. The Morgan fingerprint density at radius 1 is 1.00 bits per heavy atom. The SMILES string of the molecule is COC1C(CN2O[C@@H](CO)[C@H]([C@H](C)O)[C@H]2C(=O)N[C@H]2C[C@H]3C[C@@H]([C@@H]2C)C3(C)C)CCCC1C1CC(C(=O)N[C@@H](CC2CCNCC2)C(=O)N(C)C)CC(N(C)C)C1. The molecule has 2 heterocycles. The van der Waals surface area contributed by atoms with Crippen LogP contribution in [0.5, 0.6) is 0 Å². The molecule has 2 aliphatic heterocycles. The third kappa shape index (κ3) is 9.55. The number of likely N-dealkylation sites (N-methyl/N-ethyl adjacent to an activating group) is 1. The maximum atomic E-state index is 14.4. The fraction of sp³-hybridized carbons (Fsp3) is 0.932. The maximum Gasteiger partial charge on any atom is 0.244 e. The molecule has 3 amide bonds. The van der Waals surface area contributed by atoms with Gasteiger partial charge in [-0.2, -0.15) is 5.06 Å². The van der Waals surface area contributed by atoms with Crippen LogP contribution in [0.1, 0.15) is 98.3 Å². The zero-order valence-corrected chi connectivity index (χ0v) is 36.6. The number of carbonyl (C=O) groups is 3. The lowest BCUT2D eigenvalue weighted by Gasteiger charge is -2.62. The minimum Gasteiger partial charge on any atom is -0.394 e. The van der Waals surface area contributed by atoms with Crippen LogP contribution >= 0.6 is 0 Å². The molecule has 57 heavy (non-hydrogen) atoms. The molecule has 13 heteroatoms. The Morgan fingerprint density at radius 3 is 2.32 bits per heavy atom. The average molecular weight is 803 g/mol. The van der Waals surface area contributed by atoms with Crippen LogP contribution < -0.4 is 16.0 Å². The minimum absolute atomic E-state index is 0.0197. The van der Waals surface area contributed by atoms with E-state index in [2.05, 4.69) is 55.7 Å². The summed E-state index contributed by atoms with van der Waals surface area (Å²) in [4.78, 5) is 52.3. The zero-order valence-electron chi connectivity index (χ0n) is 36.6. The first-order chi connectivity index (χ1) is 27.0. The van der Waals surface area contributed by atoms with Gasteiger partial charge in [-0.1, -0.05) is 27.2 Å². The number of hydrogen-bond donors (Lipinski definition) is 5. The molecule has 7 aliphatic rings. The van der Waals surface area contributed by atoms with Gasteiger partial charge in [-0.3, -0.25) is 19.2 Å². The van der Waals surface area contributed by atoms with Crippen LogP contribution in [0.25, 0.3) is 0 Å². The first-order valence-corrected chi connectivity index (χ1v) is 22.5. The van der Waals surface area contributed by atoms with Gasteiger partial charge < -0.3 is 40.7 Å². The van der Waals surface area contributed by atoms with E-state index in [0.29, 0.717) is 42.1 Å². The molecule has 0 aromatic heterocycles. The molecule has 0 aromatic carbocycles. The highest BCUT2D eigenvalue weighted by Crippen LogP contribution is 2.61. The molecule has 5 saturated carbocycles. The number of hydrogen-bond acceptors (Lipinski definition) is 10. The van der Waals surface area contributed by atoms with E-state index in [1.165, 1.54) is 6.42 Å². The molecule has 0 aromatic rings. The molecule has 2 saturated heterocycles. The average Bonchev–Trinajstić information content (AvgIpc) is 3.56. The highest BCUT2D eigenvalue weighted by Gasteiger charge is 2.58. The van der Waals surface area contributed by atoms with Crippen molar-refractivity contribution in [1.29, 1.82) is 0 Å². The number of hydroxylamine groups is 2. The van der Waals surface area contributed by atoms with Gasteiger partial charge in [0.25, 0.3) is 0 Å². The van der Waals surface area contributed by atoms with Gasteiger partial charge in [0, 0.05) is 57.6 Å². The second-order valence-corrected chi connectivity index (χ2v) is 20.3. The monoisotopic (exact) mass is 803 g/mol. The van der Waals surface area contributed by atoms with Crippen LogP contribution in [-0.2, 0) is 24.0 Å². The second kappa shape index (κ2) is 18.8. The van der Waals surface area contributed by atoms with E-state index < -0.39 is 30.2 Å². The maximum absolute atomic E-state index is 14.4. The normalized spacial score (nSPS) is 39.5. The Bertz CT molecular complexity index is 1370. The Morgan fingerprint density at radius 2 is 1.72 bits per heavy atom. The Kier molecular flexibility index (Phi) is 14.7. The van der Waals surface area contributed by atoms with Crippen molar-refractivity contribution in [2.75, 3.05) is 61.5 Å². The van der Waals surface area contributed by atoms with E-state index in [1.807, 2.05) is 0 Å². The number of ether oxygens (including phenoxy) is 1. The lowest BCUT2D eigenvalue weighted by Crippen LogP contribution is -2.62. The largest absolute Gasteiger partial charge is 0.394 e. The predicted molar refractivity (Wildman–Crippen MR) is 219 cm³/mol. The lowest BCUT2D eigenvalue weighted by molar-refractivity contribution is -0.193. The van der Waals surface area contributed by atoms with Crippen LogP contribution in [0.2, 0.25) is 0 Å². The summed E-state index contributed by atoms with van der Waals surface area (Å²) in [6.07, 6.45) is 8.56. The standard InChI is InChI=1S/C44H78N6O7/c1-25-34-21-31(44(34,3)4)22-35(25)46-42(54)39-38(26(2)52)37(24-51)57-50(39)23-28-11-10-12-33(40(28)56-9)29-18-30(20-32(19-29)48(5)6)41(53)47-36(43(55)49(7)8)17-27-13-15-45-16-14-27/h25-40,45,51-52H,10-24H2,1-9H3,(H,46,54)(H,47,53)/t25-,26-,28?,29?,30?,31+,32?,33?,34-,35-,36-,37-,38-,39-,40?/m0/s1. The molecular formula is C44H78N6O7. The van der Waals surface area contributed by atoms with Crippen molar-refractivity contribution < 1.29 is 34.2 Å². The third-order valence-corrected chi connectivity index (χ3v) is 16.3. The summed E-state index contributed by atoms with van der Waals surface area (Å²) < 4.78 is 6.42. The van der Waals surface area contributed by atoms with E-state index in [-0.39, 0.29) is 66.2 Å². The summed E-state index contributed by atoms with van der Waals surface area (Å²) in [6.45, 7) is 10.7. The van der Waals surface area contributed by atoms with Gasteiger partial charge in [-0.15, -0.1) is 0 Å². The number of aliphatic hydroxyl groups is 2. The van der Waals surface area contributed by atoms with E-state index in [0.717, 1.165) is 70.9 Å². The van der Waals surface area contributed by atoms with Crippen molar-refractivity contribution in [3.05, 3.63) is 0 Å². The van der Waals surface area contributed by atoms with Gasteiger partial charge in [-0.25, -0.2) is 0 Å². The molecule has 6 unspecified atom stereocenters. The van der Waals surface area contributed by atoms with Crippen molar-refractivity contribution in [2.24, 2.45) is 58.7 Å². The number of rotatable bonds is 14. The molecule has 326 valence electrons. The van der Waals surface area contributed by atoms with Gasteiger partial charge in [-0.05, 0) is 139 Å². The third-order valence-electron chi connectivity index (χ3n) is 16.3. The molecule has 7 rings (SSSR count). The number of aliphatic hydroxyl groups excluding tert-OH is 2. The quantitative estimate of drug-likeness (QED) is 0.177. The molecular weight excluding hydrogens is 725 g/mol. The van der Waals surface area contributed by atoms with Crippen LogP contribution in [-0.4, -0.2) is 147 Å². The number of nitrogens with one attached hydrogen (secondary N) is 3. The number of amides is 3. The lowest BCUT2D eigenvalue weighted by atomic mass is 9.45. The first-order valence-electron chi connectivity index (χ1n) is 22.5. The summed E-state index contributed by atoms with van der Waals surface area (Å²) in [6, 6.07) is -0.971. The van der Waals surface area contributed by atoms with Gasteiger partial charge in [0.15, 0.2) is 0 Å². The number of piperidine rings is 1. The Hall–Kier alpha value is -1.87. The second-order valence-electron chi connectivity index (χ2n) is 20.3. The fourth-order valence-electron chi connectivity index (χ4n) is 12.7. The van der Waals surface area contributed by atoms with Crippen molar-refractivity contribution in [3.63, 3.8) is 0 Å². The van der Waals surface area contributed by atoms with Crippen molar-refractivity contribution in [2.45, 2.75) is 141 Å². The topological polar surface area (TPSA) is 156 Å². The molecule has 5 aliphatic carbocycles.